The summed E-state index contributed by atoms with van der Waals surface area (Å²) in [6.07, 6.45) is 0. The zero-order chi connectivity index (χ0) is 19.6. The van der Waals surface area contributed by atoms with Gasteiger partial charge in [-0.3, -0.25) is 9.59 Å². The van der Waals surface area contributed by atoms with Crippen LogP contribution in [0, 0.1) is 13.8 Å². The molecule has 2 heterocycles. The number of aromatic nitrogens is 3. The minimum absolute atomic E-state index is 0.152. The molecule has 1 amide bonds. The first-order valence-electron chi connectivity index (χ1n) is 8.88. The van der Waals surface area contributed by atoms with Crippen LogP contribution in [0.4, 0.5) is 0 Å². The summed E-state index contributed by atoms with van der Waals surface area (Å²) in [5, 5.41) is 2.88. The monoisotopic (exact) mass is 368 g/mol. The molecule has 27 heavy (non-hydrogen) atoms. The Morgan fingerprint density at radius 3 is 2.78 bits per heavy atom. The third kappa shape index (κ3) is 3.78. The van der Waals surface area contributed by atoms with Gasteiger partial charge in [-0.15, -0.1) is 0 Å². The van der Waals surface area contributed by atoms with Crippen molar-refractivity contribution in [2.45, 2.75) is 33.4 Å². The van der Waals surface area contributed by atoms with Crippen LogP contribution < -0.4 is 10.9 Å². The fourth-order valence-electron chi connectivity index (χ4n) is 3.18. The first-order chi connectivity index (χ1) is 12.9. The van der Waals surface area contributed by atoms with Crippen LogP contribution in [0.1, 0.15) is 40.4 Å². The van der Waals surface area contributed by atoms with Gasteiger partial charge in [0.2, 0.25) is 0 Å². The molecule has 0 saturated carbocycles. The van der Waals surface area contributed by atoms with Crippen molar-refractivity contribution >= 4 is 16.9 Å². The van der Waals surface area contributed by atoms with Crippen molar-refractivity contribution in [3.63, 3.8) is 0 Å². The molecule has 0 fully saturated rings. The van der Waals surface area contributed by atoms with Gasteiger partial charge < -0.3 is 19.6 Å². The summed E-state index contributed by atoms with van der Waals surface area (Å²) in [6.45, 7) is 6.27. The second-order valence-electron chi connectivity index (χ2n) is 6.63. The Morgan fingerprint density at radius 2 is 2.07 bits per heavy atom. The quantitative estimate of drug-likeness (QED) is 0.699. The van der Waals surface area contributed by atoms with Crippen LogP contribution >= 0.6 is 0 Å². The highest BCUT2D eigenvalue weighted by Crippen LogP contribution is 2.16. The van der Waals surface area contributed by atoms with Crippen LogP contribution in [0.15, 0.2) is 35.1 Å². The number of H-pyrrole nitrogens is 1. The number of carbonyl (C=O) groups is 1. The summed E-state index contributed by atoms with van der Waals surface area (Å²) >= 11 is 0. The van der Waals surface area contributed by atoms with Crippen molar-refractivity contribution in [3.05, 3.63) is 63.3 Å². The van der Waals surface area contributed by atoms with Gasteiger partial charge in [-0.2, -0.15) is 0 Å². The first kappa shape index (κ1) is 18.8. The van der Waals surface area contributed by atoms with Crippen LogP contribution in [0.25, 0.3) is 11.0 Å². The SMILES string of the molecule is COCCn1c(C)cc(C)c(C(=O)N[C@H](C)c2nc3ccccc3[nH]2)c1=O. The molecule has 0 aliphatic carbocycles. The first-order valence-corrected chi connectivity index (χ1v) is 8.88. The lowest BCUT2D eigenvalue weighted by atomic mass is 10.1. The number of benzene rings is 1. The number of methoxy groups -OCH3 is 1. The third-order valence-electron chi connectivity index (χ3n) is 4.62. The number of aryl methyl sites for hydroxylation is 2. The number of hydrogen-bond acceptors (Lipinski definition) is 4. The Balaban J connectivity index is 1.88. The molecule has 0 aliphatic heterocycles. The van der Waals surface area contributed by atoms with Crippen molar-refractivity contribution in [3.8, 4) is 0 Å². The average Bonchev–Trinajstić information content (AvgIpc) is 3.05. The van der Waals surface area contributed by atoms with E-state index in [0.29, 0.717) is 24.5 Å². The van der Waals surface area contributed by atoms with Gasteiger partial charge in [0.25, 0.3) is 11.5 Å². The van der Waals surface area contributed by atoms with Crippen molar-refractivity contribution in [2.75, 3.05) is 13.7 Å². The maximum Gasteiger partial charge on any atom is 0.263 e. The number of fused-ring (bicyclic) bond motifs is 1. The van der Waals surface area contributed by atoms with Crippen molar-refractivity contribution in [1.82, 2.24) is 19.9 Å². The Hall–Kier alpha value is -2.93. The van der Waals surface area contributed by atoms with Gasteiger partial charge in [-0.25, -0.2) is 4.98 Å². The van der Waals surface area contributed by atoms with Crippen LogP contribution in [0.5, 0.6) is 0 Å². The summed E-state index contributed by atoms with van der Waals surface area (Å²) in [4.78, 5) is 33.4. The van der Waals surface area contributed by atoms with E-state index in [-0.39, 0.29) is 17.2 Å². The number of aromatic amines is 1. The number of nitrogens with zero attached hydrogens (tertiary/aromatic N) is 2. The number of ether oxygens (including phenoxy) is 1. The summed E-state index contributed by atoms with van der Waals surface area (Å²) in [7, 11) is 1.58. The molecule has 0 radical (unpaired) electrons. The van der Waals surface area contributed by atoms with Gasteiger partial charge >= 0.3 is 0 Å². The molecule has 3 aromatic rings. The Kier molecular flexibility index (Phi) is 5.41. The highest BCUT2D eigenvalue weighted by Gasteiger charge is 2.21. The van der Waals surface area contributed by atoms with E-state index in [4.69, 9.17) is 4.74 Å². The standard InChI is InChI=1S/C20H24N4O3/c1-12-11-13(2)24(9-10-27-4)20(26)17(12)19(25)21-14(3)18-22-15-7-5-6-8-16(15)23-18/h5-8,11,14H,9-10H2,1-4H3,(H,21,25)(H,22,23)/t14-/m1/s1. The van der Waals surface area contributed by atoms with E-state index in [0.717, 1.165) is 16.7 Å². The van der Waals surface area contributed by atoms with Gasteiger partial charge in [0.15, 0.2) is 0 Å². The van der Waals surface area contributed by atoms with E-state index in [1.54, 1.807) is 18.6 Å². The van der Waals surface area contributed by atoms with Crippen LogP contribution in [0.3, 0.4) is 0 Å². The Bertz CT molecular complexity index is 1000. The number of imidazole rings is 1. The van der Waals surface area contributed by atoms with Crippen molar-refractivity contribution < 1.29 is 9.53 Å². The largest absolute Gasteiger partial charge is 0.383 e. The molecule has 0 aliphatic rings. The lowest BCUT2D eigenvalue weighted by molar-refractivity contribution is 0.0935. The number of carbonyl (C=O) groups excluding carboxylic acids is 1. The molecule has 0 spiro atoms. The molecule has 2 N–H and O–H groups in total. The summed E-state index contributed by atoms with van der Waals surface area (Å²) in [5.74, 6) is 0.241. The number of nitrogens with one attached hydrogen (secondary N) is 2. The van der Waals surface area contributed by atoms with Crippen LogP contribution in [0.2, 0.25) is 0 Å². The number of rotatable bonds is 6. The molecule has 2 aromatic heterocycles. The summed E-state index contributed by atoms with van der Waals surface area (Å²) in [5.41, 5.74) is 3.04. The fraction of sp³-hybridized carbons (Fsp3) is 0.350. The van der Waals surface area contributed by atoms with E-state index in [9.17, 15) is 9.59 Å². The molecule has 0 unspecified atom stereocenters. The van der Waals surface area contributed by atoms with Gasteiger partial charge in [0.1, 0.15) is 11.4 Å². The minimum atomic E-state index is -0.406. The Labute approximate surface area is 157 Å². The maximum atomic E-state index is 12.8. The predicted molar refractivity (Wildman–Crippen MR) is 104 cm³/mol. The number of amides is 1. The highest BCUT2D eigenvalue weighted by molar-refractivity contribution is 5.95. The van der Waals surface area contributed by atoms with Crippen molar-refractivity contribution in [1.29, 1.82) is 0 Å². The van der Waals surface area contributed by atoms with Gasteiger partial charge in [-0.05, 0) is 44.5 Å². The van der Waals surface area contributed by atoms with E-state index < -0.39 is 5.91 Å². The third-order valence-corrected chi connectivity index (χ3v) is 4.62. The molecule has 1 aromatic carbocycles. The van der Waals surface area contributed by atoms with E-state index >= 15 is 0 Å². The zero-order valence-corrected chi connectivity index (χ0v) is 16.0. The summed E-state index contributed by atoms with van der Waals surface area (Å²) < 4.78 is 6.63. The summed E-state index contributed by atoms with van der Waals surface area (Å²) in [6, 6.07) is 9.15. The molecule has 7 nitrogen and oxygen atoms in total. The lowest BCUT2D eigenvalue weighted by Gasteiger charge is -2.16. The van der Waals surface area contributed by atoms with Gasteiger partial charge in [0.05, 0.1) is 23.7 Å². The van der Waals surface area contributed by atoms with E-state index in [1.807, 2.05) is 44.2 Å². The van der Waals surface area contributed by atoms with Gasteiger partial charge in [0, 0.05) is 19.3 Å². The maximum absolute atomic E-state index is 12.8. The molecule has 7 heteroatoms. The second kappa shape index (κ2) is 7.75. The average molecular weight is 368 g/mol. The molecular weight excluding hydrogens is 344 g/mol. The molecule has 0 saturated heterocycles. The molecule has 142 valence electrons. The topological polar surface area (TPSA) is 89.0 Å². The molecular formula is C20H24N4O3. The fourth-order valence-corrected chi connectivity index (χ4v) is 3.18. The molecule has 1 atom stereocenters. The zero-order valence-electron chi connectivity index (χ0n) is 16.0. The van der Waals surface area contributed by atoms with E-state index in [1.165, 1.54) is 0 Å². The van der Waals surface area contributed by atoms with Crippen LogP contribution in [-0.4, -0.2) is 34.2 Å². The second-order valence-corrected chi connectivity index (χ2v) is 6.63. The smallest absolute Gasteiger partial charge is 0.263 e. The van der Waals surface area contributed by atoms with E-state index in [2.05, 4.69) is 15.3 Å². The number of hydrogen-bond donors (Lipinski definition) is 2. The number of para-hydroxylation sites is 2. The molecule has 0 bridgehead atoms. The lowest BCUT2D eigenvalue weighted by Crippen LogP contribution is -2.36. The van der Waals surface area contributed by atoms with Crippen LogP contribution in [-0.2, 0) is 11.3 Å². The van der Waals surface area contributed by atoms with Crippen molar-refractivity contribution in [2.24, 2.45) is 0 Å². The Morgan fingerprint density at radius 1 is 1.33 bits per heavy atom. The molecule has 3 rings (SSSR count). The highest BCUT2D eigenvalue weighted by atomic mass is 16.5. The predicted octanol–water partition coefficient (Wildman–Crippen LogP) is 2.48. The number of pyridine rings is 1. The normalized spacial score (nSPS) is 12.3. The van der Waals surface area contributed by atoms with Gasteiger partial charge in [-0.1, -0.05) is 12.1 Å². The minimum Gasteiger partial charge on any atom is -0.383 e.